The number of ether oxygens (including phenoxy) is 2. The first-order valence-corrected chi connectivity index (χ1v) is 11.1. The summed E-state index contributed by atoms with van der Waals surface area (Å²) in [6, 6.07) is 12.5. The van der Waals surface area contributed by atoms with E-state index in [1.54, 1.807) is 24.1 Å². The minimum absolute atomic E-state index is 0.0397. The van der Waals surface area contributed by atoms with Gasteiger partial charge in [-0.3, -0.25) is 14.4 Å². The number of nitrogens with one attached hydrogen (secondary N) is 1. The van der Waals surface area contributed by atoms with Gasteiger partial charge in [0, 0.05) is 32.6 Å². The molecule has 2 aromatic carbocycles. The lowest BCUT2D eigenvalue weighted by Crippen LogP contribution is -2.58. The first kappa shape index (κ1) is 22.8. The molecule has 4 rings (SSSR count). The maximum atomic E-state index is 13.0. The van der Waals surface area contributed by atoms with Crippen molar-refractivity contribution in [2.75, 3.05) is 26.7 Å². The van der Waals surface area contributed by atoms with Gasteiger partial charge in [-0.15, -0.1) is 0 Å². The van der Waals surface area contributed by atoms with Gasteiger partial charge < -0.3 is 24.6 Å². The minimum Gasteiger partial charge on any atom is -0.457 e. The molecular weight excluding hydrogens is 422 g/mol. The Bertz CT molecular complexity index is 1070. The van der Waals surface area contributed by atoms with Crippen LogP contribution in [0.3, 0.4) is 0 Å². The summed E-state index contributed by atoms with van der Waals surface area (Å²) < 4.78 is 12.3. The van der Waals surface area contributed by atoms with Crippen LogP contribution in [0.5, 0.6) is 11.5 Å². The van der Waals surface area contributed by atoms with Crippen molar-refractivity contribution in [1.29, 1.82) is 0 Å². The zero-order chi connectivity index (χ0) is 23.5. The quantitative estimate of drug-likeness (QED) is 0.665. The summed E-state index contributed by atoms with van der Waals surface area (Å²) in [5, 5.41) is 2.98. The molecule has 2 heterocycles. The molecule has 3 amide bonds. The lowest BCUT2D eigenvalue weighted by Gasteiger charge is -2.38. The summed E-state index contributed by atoms with van der Waals surface area (Å²) in [4.78, 5) is 40.8. The molecule has 2 atom stereocenters. The Morgan fingerprint density at radius 2 is 1.97 bits per heavy atom. The second-order valence-corrected chi connectivity index (χ2v) is 8.67. The summed E-state index contributed by atoms with van der Waals surface area (Å²) in [6.45, 7) is 4.62. The molecule has 4 bridgehead atoms. The third-order valence-electron chi connectivity index (χ3n) is 6.09. The first-order valence-electron chi connectivity index (χ1n) is 11.1. The third kappa shape index (κ3) is 5.34. The highest BCUT2D eigenvalue weighted by atomic mass is 16.5. The van der Waals surface area contributed by atoms with E-state index in [1.165, 1.54) is 11.8 Å². The maximum absolute atomic E-state index is 13.0. The van der Waals surface area contributed by atoms with Crippen LogP contribution in [0.2, 0.25) is 0 Å². The Labute approximate surface area is 193 Å². The molecule has 2 aliphatic rings. The fourth-order valence-electron chi connectivity index (χ4n) is 4.19. The Balaban J connectivity index is 1.66. The lowest BCUT2D eigenvalue weighted by atomic mass is 10.0. The van der Waals surface area contributed by atoms with Crippen LogP contribution in [0.1, 0.15) is 34.8 Å². The zero-order valence-electron chi connectivity index (χ0n) is 19.2. The van der Waals surface area contributed by atoms with Gasteiger partial charge in [-0.1, -0.05) is 18.2 Å². The smallest absolute Gasteiger partial charge is 0.254 e. The predicted octanol–water partition coefficient (Wildman–Crippen LogP) is 2.50. The van der Waals surface area contributed by atoms with Crippen molar-refractivity contribution in [2.45, 2.75) is 39.0 Å². The SMILES string of the molecule is CC(=O)N1CC[C@H]2OCc3cccc(c3)Oc3cc(ccc3C)C(=O)N(C)CC(=O)N[C@H]2C1. The number of hydrogen-bond acceptors (Lipinski definition) is 5. The molecule has 0 saturated carbocycles. The van der Waals surface area contributed by atoms with Crippen LogP contribution in [-0.2, 0) is 20.9 Å². The van der Waals surface area contributed by atoms with Gasteiger partial charge in [0.15, 0.2) is 0 Å². The molecule has 1 saturated heterocycles. The van der Waals surface area contributed by atoms with E-state index in [2.05, 4.69) is 5.32 Å². The maximum Gasteiger partial charge on any atom is 0.254 e. The molecule has 2 aliphatic heterocycles. The predicted molar refractivity (Wildman–Crippen MR) is 122 cm³/mol. The number of carbonyl (C=O) groups is 3. The molecule has 0 aliphatic carbocycles. The lowest BCUT2D eigenvalue weighted by molar-refractivity contribution is -0.135. The second kappa shape index (κ2) is 9.62. The van der Waals surface area contributed by atoms with Crippen molar-refractivity contribution in [3.63, 3.8) is 0 Å². The number of likely N-dealkylation sites (tertiary alicyclic amines) is 1. The second-order valence-electron chi connectivity index (χ2n) is 8.67. The third-order valence-corrected chi connectivity index (χ3v) is 6.09. The Hall–Kier alpha value is -3.39. The molecule has 0 spiro atoms. The number of rotatable bonds is 0. The molecule has 8 heteroatoms. The van der Waals surface area contributed by atoms with Gasteiger partial charge in [-0.25, -0.2) is 0 Å². The molecule has 8 nitrogen and oxygen atoms in total. The van der Waals surface area contributed by atoms with Crippen LogP contribution in [0.15, 0.2) is 42.5 Å². The minimum atomic E-state index is -0.364. The van der Waals surface area contributed by atoms with Gasteiger partial charge in [-0.05, 0) is 48.7 Å². The van der Waals surface area contributed by atoms with E-state index < -0.39 is 0 Å². The van der Waals surface area contributed by atoms with Gasteiger partial charge in [0.25, 0.3) is 5.91 Å². The molecule has 1 N–H and O–H groups in total. The van der Waals surface area contributed by atoms with Crippen molar-refractivity contribution in [3.05, 3.63) is 59.2 Å². The molecule has 1 fully saturated rings. The number of benzene rings is 2. The van der Waals surface area contributed by atoms with E-state index in [9.17, 15) is 14.4 Å². The normalized spacial score (nSPS) is 21.7. The molecule has 0 unspecified atom stereocenters. The topological polar surface area (TPSA) is 88.2 Å². The number of piperidine rings is 1. The number of likely N-dealkylation sites (N-methyl/N-ethyl adjacent to an activating group) is 1. The number of hydrogen-bond donors (Lipinski definition) is 1. The van der Waals surface area contributed by atoms with Gasteiger partial charge in [0.1, 0.15) is 11.5 Å². The van der Waals surface area contributed by atoms with Crippen LogP contribution >= 0.6 is 0 Å². The fraction of sp³-hybridized carbons (Fsp3) is 0.400. The Morgan fingerprint density at radius 1 is 1.15 bits per heavy atom. The number of fused-ring (bicyclic) bond motifs is 5. The first-order chi connectivity index (χ1) is 15.8. The molecule has 2 aromatic rings. The number of carbonyl (C=O) groups excluding carboxylic acids is 3. The Kier molecular flexibility index (Phi) is 6.65. The van der Waals surface area contributed by atoms with Gasteiger partial charge in [0.2, 0.25) is 11.8 Å². The van der Waals surface area contributed by atoms with Crippen LogP contribution in [-0.4, -0.2) is 66.3 Å². The van der Waals surface area contributed by atoms with E-state index in [4.69, 9.17) is 9.47 Å². The average molecular weight is 452 g/mol. The number of nitrogens with zero attached hydrogens (tertiary/aromatic N) is 2. The van der Waals surface area contributed by atoms with Crippen LogP contribution in [0, 0.1) is 6.92 Å². The molecule has 0 radical (unpaired) electrons. The molecule has 174 valence electrons. The van der Waals surface area contributed by atoms with Crippen molar-refractivity contribution >= 4 is 17.7 Å². The summed E-state index contributed by atoms with van der Waals surface area (Å²) in [5.41, 5.74) is 2.27. The largest absolute Gasteiger partial charge is 0.457 e. The standard InChI is InChI=1S/C25H29N3O5/c1-16-7-8-19-12-23(16)33-20-6-4-5-18(11-20)15-32-22-9-10-28(17(2)29)13-21(22)26-24(30)14-27(3)25(19)31/h4-8,11-12,21-22H,9-10,13-15H2,1-3H3,(H,26,30)/t21-,22+/m0/s1. The van der Waals surface area contributed by atoms with E-state index in [-0.39, 0.29) is 36.4 Å². The van der Waals surface area contributed by atoms with Crippen molar-refractivity contribution in [2.24, 2.45) is 0 Å². The summed E-state index contributed by atoms with van der Waals surface area (Å²) in [6.07, 6.45) is 0.359. The van der Waals surface area contributed by atoms with Gasteiger partial charge in [-0.2, -0.15) is 0 Å². The molecule has 33 heavy (non-hydrogen) atoms. The highest BCUT2D eigenvalue weighted by Crippen LogP contribution is 2.28. The zero-order valence-corrected chi connectivity index (χ0v) is 19.2. The molecule has 0 aromatic heterocycles. The van der Waals surface area contributed by atoms with E-state index in [0.29, 0.717) is 43.2 Å². The van der Waals surface area contributed by atoms with Gasteiger partial charge in [0.05, 0.1) is 25.3 Å². The van der Waals surface area contributed by atoms with Crippen LogP contribution in [0.25, 0.3) is 0 Å². The highest BCUT2D eigenvalue weighted by molar-refractivity contribution is 5.96. The summed E-state index contributed by atoms with van der Waals surface area (Å²) >= 11 is 0. The average Bonchev–Trinajstić information content (AvgIpc) is 2.78. The number of amides is 3. The van der Waals surface area contributed by atoms with Crippen molar-refractivity contribution in [3.8, 4) is 11.5 Å². The Morgan fingerprint density at radius 3 is 2.76 bits per heavy atom. The number of aryl methyl sites for hydroxylation is 1. The van der Waals surface area contributed by atoms with Crippen molar-refractivity contribution in [1.82, 2.24) is 15.1 Å². The van der Waals surface area contributed by atoms with E-state index >= 15 is 0 Å². The van der Waals surface area contributed by atoms with Crippen molar-refractivity contribution < 1.29 is 23.9 Å². The van der Waals surface area contributed by atoms with E-state index in [1.807, 2.05) is 37.3 Å². The fourth-order valence-corrected chi connectivity index (χ4v) is 4.19. The van der Waals surface area contributed by atoms with E-state index in [0.717, 1.165) is 11.1 Å². The summed E-state index contributed by atoms with van der Waals surface area (Å²) in [5.74, 6) is 0.619. The highest BCUT2D eigenvalue weighted by Gasteiger charge is 2.32. The molecular formula is C25H29N3O5. The summed E-state index contributed by atoms with van der Waals surface area (Å²) in [7, 11) is 1.59. The van der Waals surface area contributed by atoms with Crippen LogP contribution in [0.4, 0.5) is 0 Å². The monoisotopic (exact) mass is 451 g/mol. The van der Waals surface area contributed by atoms with Crippen LogP contribution < -0.4 is 10.1 Å². The van der Waals surface area contributed by atoms with Gasteiger partial charge >= 0.3 is 0 Å².